The molecule has 0 bridgehead atoms. The Morgan fingerprint density at radius 3 is 2.62 bits per heavy atom. The predicted molar refractivity (Wildman–Crippen MR) is 132 cm³/mol. The van der Waals surface area contributed by atoms with Crippen molar-refractivity contribution in [2.75, 3.05) is 5.32 Å². The number of carbonyl (C=O) groups excluding carboxylic acids is 1. The average Bonchev–Trinajstić information content (AvgIpc) is 3.15. The zero-order valence-corrected chi connectivity index (χ0v) is 20.1. The Morgan fingerprint density at radius 1 is 1.03 bits per heavy atom. The maximum atomic E-state index is 14.1. The van der Waals surface area contributed by atoms with E-state index in [4.69, 9.17) is 27.9 Å². The molecular formula is C26H22Cl2FN3O2. The summed E-state index contributed by atoms with van der Waals surface area (Å²) in [4.78, 5) is 12.8. The van der Waals surface area contributed by atoms with Crippen LogP contribution in [-0.2, 0) is 13.2 Å². The number of hydrogen-bond acceptors (Lipinski definition) is 3. The van der Waals surface area contributed by atoms with Crippen LogP contribution < -0.4 is 10.1 Å². The van der Waals surface area contributed by atoms with Gasteiger partial charge in [0.15, 0.2) is 5.82 Å². The molecule has 0 atom stereocenters. The lowest BCUT2D eigenvalue weighted by atomic mass is 10.1. The number of nitrogens with one attached hydrogen (secondary N) is 1. The van der Waals surface area contributed by atoms with Crippen LogP contribution in [0.2, 0.25) is 10.0 Å². The number of aromatic nitrogens is 2. The van der Waals surface area contributed by atoms with Gasteiger partial charge in [-0.25, -0.2) is 4.39 Å². The molecule has 4 rings (SSSR count). The van der Waals surface area contributed by atoms with Crippen LogP contribution in [0.3, 0.4) is 0 Å². The number of aryl methyl sites for hydroxylation is 2. The molecule has 0 fully saturated rings. The van der Waals surface area contributed by atoms with Crippen LogP contribution in [0.15, 0.2) is 66.7 Å². The second-order valence-corrected chi connectivity index (χ2v) is 8.72. The summed E-state index contributed by atoms with van der Waals surface area (Å²) in [6.45, 7) is 4.21. The largest absolute Gasteiger partial charge is 0.487 e. The van der Waals surface area contributed by atoms with E-state index in [0.29, 0.717) is 32.7 Å². The molecule has 1 amide bonds. The van der Waals surface area contributed by atoms with Gasteiger partial charge < -0.3 is 10.1 Å². The molecule has 3 aromatic carbocycles. The topological polar surface area (TPSA) is 56.1 Å². The fourth-order valence-electron chi connectivity index (χ4n) is 3.44. The van der Waals surface area contributed by atoms with Crippen molar-refractivity contribution >= 4 is 34.9 Å². The third-order valence-corrected chi connectivity index (χ3v) is 5.93. The van der Waals surface area contributed by atoms with E-state index < -0.39 is 5.82 Å². The van der Waals surface area contributed by atoms with Crippen LogP contribution in [0.25, 0.3) is 0 Å². The van der Waals surface area contributed by atoms with E-state index in [1.54, 1.807) is 47.1 Å². The monoisotopic (exact) mass is 497 g/mol. The number of hydrogen-bond donors (Lipinski definition) is 1. The smallest absolute Gasteiger partial charge is 0.256 e. The molecule has 8 heteroatoms. The van der Waals surface area contributed by atoms with Crippen molar-refractivity contribution in [1.29, 1.82) is 0 Å². The summed E-state index contributed by atoms with van der Waals surface area (Å²) < 4.78 is 21.6. The van der Waals surface area contributed by atoms with Crippen LogP contribution >= 0.6 is 23.2 Å². The summed E-state index contributed by atoms with van der Waals surface area (Å²) in [5, 5.41) is 8.04. The van der Waals surface area contributed by atoms with Crippen LogP contribution in [0, 0.1) is 19.7 Å². The van der Waals surface area contributed by atoms with Crippen LogP contribution in [0.1, 0.15) is 32.7 Å². The van der Waals surface area contributed by atoms with Crippen molar-refractivity contribution in [2.24, 2.45) is 0 Å². The van der Waals surface area contributed by atoms with Gasteiger partial charge in [0.05, 0.1) is 11.6 Å². The molecule has 0 radical (unpaired) electrons. The van der Waals surface area contributed by atoms with Gasteiger partial charge in [-0.15, -0.1) is 0 Å². The molecule has 4 aromatic rings. The van der Waals surface area contributed by atoms with Gasteiger partial charge in [0.1, 0.15) is 18.2 Å². The number of amides is 1. The van der Waals surface area contributed by atoms with Gasteiger partial charge >= 0.3 is 0 Å². The first-order chi connectivity index (χ1) is 16.3. The Labute approximate surface area is 207 Å². The molecule has 34 heavy (non-hydrogen) atoms. The molecule has 1 heterocycles. The lowest BCUT2D eigenvalue weighted by Gasteiger charge is -2.10. The summed E-state index contributed by atoms with van der Waals surface area (Å²) >= 11 is 12.3. The molecule has 5 nitrogen and oxygen atoms in total. The quantitative estimate of drug-likeness (QED) is 0.304. The van der Waals surface area contributed by atoms with Gasteiger partial charge in [0, 0.05) is 27.9 Å². The van der Waals surface area contributed by atoms with E-state index in [1.165, 1.54) is 6.07 Å². The fourth-order valence-corrected chi connectivity index (χ4v) is 3.83. The highest BCUT2D eigenvalue weighted by atomic mass is 35.5. The van der Waals surface area contributed by atoms with Gasteiger partial charge in [0.2, 0.25) is 0 Å². The van der Waals surface area contributed by atoms with Crippen molar-refractivity contribution in [1.82, 2.24) is 9.78 Å². The third kappa shape index (κ3) is 5.58. The second-order valence-electron chi connectivity index (χ2n) is 7.91. The highest BCUT2D eigenvalue weighted by Crippen LogP contribution is 2.26. The van der Waals surface area contributed by atoms with E-state index >= 15 is 0 Å². The number of carbonyl (C=O) groups is 1. The number of anilines is 1. The Morgan fingerprint density at radius 2 is 1.82 bits per heavy atom. The van der Waals surface area contributed by atoms with Crippen molar-refractivity contribution in [3.8, 4) is 5.75 Å². The molecule has 0 unspecified atom stereocenters. The van der Waals surface area contributed by atoms with Gasteiger partial charge in [-0.2, -0.15) is 5.10 Å². The SMILES string of the molecule is Cc1ccc(Cl)c(OCc2cccc(C(=O)Nc3cc(C)n(Cc4c(F)cccc4Cl)n3)c2)c1. The van der Waals surface area contributed by atoms with Crippen LogP contribution in [0.4, 0.5) is 10.2 Å². The third-order valence-electron chi connectivity index (χ3n) is 5.26. The number of halogens is 3. The van der Waals surface area contributed by atoms with Gasteiger partial charge in [0.25, 0.3) is 5.91 Å². The van der Waals surface area contributed by atoms with E-state index in [-0.39, 0.29) is 19.1 Å². The number of nitrogens with zero attached hydrogens (tertiary/aromatic N) is 2. The van der Waals surface area contributed by atoms with Crippen molar-refractivity contribution in [3.63, 3.8) is 0 Å². The van der Waals surface area contributed by atoms with Crippen molar-refractivity contribution in [3.05, 3.63) is 111 Å². The lowest BCUT2D eigenvalue weighted by Crippen LogP contribution is -2.13. The maximum Gasteiger partial charge on any atom is 0.256 e. The zero-order valence-electron chi connectivity index (χ0n) is 18.6. The molecule has 0 aliphatic rings. The first-order valence-corrected chi connectivity index (χ1v) is 11.3. The standard InChI is InChI=1S/C26H22Cl2FN3O2/c1-16-9-10-22(28)24(11-16)34-15-18-5-3-6-19(13-18)26(33)30-25-12-17(2)32(31-25)14-20-21(27)7-4-8-23(20)29/h3-13H,14-15H2,1-2H3,(H,30,31,33). The molecule has 0 saturated heterocycles. The molecule has 0 spiro atoms. The minimum atomic E-state index is -0.404. The summed E-state index contributed by atoms with van der Waals surface area (Å²) in [7, 11) is 0. The Hall–Kier alpha value is -3.35. The van der Waals surface area contributed by atoms with Gasteiger partial charge in [-0.3, -0.25) is 9.48 Å². The van der Waals surface area contributed by atoms with E-state index in [0.717, 1.165) is 16.8 Å². The molecule has 174 valence electrons. The highest BCUT2D eigenvalue weighted by molar-refractivity contribution is 6.32. The minimum absolute atomic E-state index is 0.154. The number of rotatable bonds is 7. The second kappa shape index (κ2) is 10.3. The zero-order chi connectivity index (χ0) is 24.2. The maximum absolute atomic E-state index is 14.1. The molecule has 1 aromatic heterocycles. The van der Waals surface area contributed by atoms with Gasteiger partial charge in [-0.1, -0.05) is 47.5 Å². The summed E-state index contributed by atoms with van der Waals surface area (Å²) in [5.41, 5.74) is 3.42. The van der Waals surface area contributed by atoms with E-state index in [1.807, 2.05) is 32.0 Å². The summed E-state index contributed by atoms with van der Waals surface area (Å²) in [6.07, 6.45) is 0. The fraction of sp³-hybridized carbons (Fsp3) is 0.154. The summed E-state index contributed by atoms with van der Waals surface area (Å²) in [6, 6.07) is 18.9. The lowest BCUT2D eigenvalue weighted by molar-refractivity contribution is 0.102. The molecule has 1 N–H and O–H groups in total. The molecular weight excluding hydrogens is 476 g/mol. The predicted octanol–water partition coefficient (Wildman–Crippen LogP) is 6.83. The average molecular weight is 498 g/mol. The Bertz CT molecular complexity index is 1330. The minimum Gasteiger partial charge on any atom is -0.487 e. The highest BCUT2D eigenvalue weighted by Gasteiger charge is 2.14. The number of benzene rings is 3. The Balaban J connectivity index is 1.44. The molecule has 0 aliphatic heterocycles. The Kier molecular flexibility index (Phi) is 7.20. The molecule has 0 saturated carbocycles. The normalized spacial score (nSPS) is 10.9. The van der Waals surface area contributed by atoms with Crippen LogP contribution in [0.5, 0.6) is 5.75 Å². The van der Waals surface area contributed by atoms with Crippen LogP contribution in [-0.4, -0.2) is 15.7 Å². The first kappa shape index (κ1) is 23.8. The molecule has 0 aliphatic carbocycles. The first-order valence-electron chi connectivity index (χ1n) is 10.6. The van der Waals surface area contributed by atoms with E-state index in [9.17, 15) is 9.18 Å². The van der Waals surface area contributed by atoms with Crippen molar-refractivity contribution in [2.45, 2.75) is 27.0 Å². The number of ether oxygens (including phenoxy) is 1. The van der Waals surface area contributed by atoms with Gasteiger partial charge in [-0.05, 0) is 61.4 Å². The van der Waals surface area contributed by atoms with E-state index in [2.05, 4.69) is 10.4 Å². The van der Waals surface area contributed by atoms with Crippen molar-refractivity contribution < 1.29 is 13.9 Å². The summed E-state index contributed by atoms with van der Waals surface area (Å²) in [5.74, 6) is 0.235.